The van der Waals surface area contributed by atoms with Crippen molar-refractivity contribution in [3.05, 3.63) is 29.8 Å². The molecule has 0 bridgehead atoms. The van der Waals surface area contributed by atoms with Gasteiger partial charge in [0.2, 0.25) is 5.91 Å². The molecule has 3 N–H and O–H groups in total. The first-order valence-corrected chi connectivity index (χ1v) is 6.43. The Morgan fingerprint density at radius 1 is 1.47 bits per heavy atom. The van der Waals surface area contributed by atoms with Crippen molar-refractivity contribution in [3.8, 4) is 0 Å². The first-order chi connectivity index (χ1) is 9.04. The van der Waals surface area contributed by atoms with E-state index in [4.69, 9.17) is 5.73 Å². The molecule has 1 aromatic carbocycles. The number of hydrogen-bond donors (Lipinski definition) is 2. The molecule has 0 saturated heterocycles. The molecule has 0 aromatic heterocycles. The van der Waals surface area contributed by atoms with E-state index in [9.17, 15) is 14.7 Å². The molecule has 102 valence electrons. The number of benzene rings is 1. The fourth-order valence-electron chi connectivity index (χ4n) is 2.36. The molecule has 0 fully saturated rings. The summed E-state index contributed by atoms with van der Waals surface area (Å²) >= 11 is 0. The Labute approximate surface area is 112 Å². The summed E-state index contributed by atoms with van der Waals surface area (Å²) in [4.78, 5) is 25.0. The molecule has 2 atom stereocenters. The second-order valence-electron chi connectivity index (χ2n) is 4.82. The molecule has 2 unspecified atom stereocenters. The zero-order valence-corrected chi connectivity index (χ0v) is 10.9. The lowest BCUT2D eigenvalue weighted by atomic mass is 10.1. The molecule has 0 radical (unpaired) electrons. The lowest BCUT2D eigenvalue weighted by Crippen LogP contribution is -2.44. The van der Waals surface area contributed by atoms with Crippen LogP contribution in [0, 0.1) is 0 Å². The number of fused-ring (bicyclic) bond motifs is 1. The van der Waals surface area contributed by atoms with Crippen LogP contribution in [0.15, 0.2) is 24.3 Å². The number of nitrogens with two attached hydrogens (primary N) is 1. The topological polar surface area (TPSA) is 83.6 Å². The monoisotopic (exact) mass is 262 g/mol. The van der Waals surface area contributed by atoms with Crippen LogP contribution < -0.4 is 10.6 Å². The van der Waals surface area contributed by atoms with Gasteiger partial charge in [-0.15, -0.1) is 0 Å². The molecule has 0 saturated carbocycles. The predicted molar refractivity (Wildman–Crippen MR) is 71.9 cm³/mol. The van der Waals surface area contributed by atoms with E-state index in [2.05, 4.69) is 0 Å². The third-order valence-corrected chi connectivity index (χ3v) is 3.49. The number of amides is 1. The molecule has 1 aromatic rings. The average Bonchev–Trinajstić information content (AvgIpc) is 2.78. The van der Waals surface area contributed by atoms with Gasteiger partial charge in [0.05, 0.1) is 0 Å². The summed E-state index contributed by atoms with van der Waals surface area (Å²) in [5.74, 6) is -1.19. The van der Waals surface area contributed by atoms with E-state index >= 15 is 0 Å². The Morgan fingerprint density at radius 2 is 2.16 bits per heavy atom. The molecule has 0 aliphatic carbocycles. The molecule has 2 rings (SSSR count). The molecular formula is C14H18N2O3. The van der Waals surface area contributed by atoms with Gasteiger partial charge < -0.3 is 10.8 Å². The van der Waals surface area contributed by atoms with Crippen LogP contribution in [0.5, 0.6) is 0 Å². The van der Waals surface area contributed by atoms with Crippen LogP contribution in [0.3, 0.4) is 0 Å². The van der Waals surface area contributed by atoms with Crippen LogP contribution in [-0.2, 0) is 16.0 Å². The molecule has 19 heavy (non-hydrogen) atoms. The first kappa shape index (κ1) is 13.5. The lowest BCUT2D eigenvalue weighted by Gasteiger charge is -2.24. The molecule has 1 aliphatic heterocycles. The van der Waals surface area contributed by atoms with E-state index in [1.165, 1.54) is 4.90 Å². The van der Waals surface area contributed by atoms with E-state index in [0.29, 0.717) is 18.5 Å². The van der Waals surface area contributed by atoms with Crippen molar-refractivity contribution in [1.29, 1.82) is 0 Å². The number of carboxylic acids is 1. The van der Waals surface area contributed by atoms with E-state index in [0.717, 1.165) is 5.56 Å². The minimum atomic E-state index is -0.977. The highest BCUT2D eigenvalue weighted by Gasteiger charge is 2.38. The summed E-state index contributed by atoms with van der Waals surface area (Å²) in [5, 5.41) is 9.27. The average molecular weight is 262 g/mol. The molecule has 5 nitrogen and oxygen atoms in total. The SMILES string of the molecule is CCC(N)CC(=O)N1c2ccccc2CC1C(=O)O. The van der Waals surface area contributed by atoms with Gasteiger partial charge in [-0.2, -0.15) is 0 Å². The van der Waals surface area contributed by atoms with Crippen LogP contribution in [0.25, 0.3) is 0 Å². The Morgan fingerprint density at radius 3 is 2.79 bits per heavy atom. The summed E-state index contributed by atoms with van der Waals surface area (Å²) in [6, 6.07) is 6.27. The fraction of sp³-hybridized carbons (Fsp3) is 0.429. The Kier molecular flexibility index (Phi) is 3.85. The summed E-state index contributed by atoms with van der Waals surface area (Å²) < 4.78 is 0. The maximum absolute atomic E-state index is 12.3. The lowest BCUT2D eigenvalue weighted by molar-refractivity contribution is -0.139. The maximum atomic E-state index is 12.3. The van der Waals surface area contributed by atoms with Crippen LogP contribution in [-0.4, -0.2) is 29.1 Å². The zero-order valence-electron chi connectivity index (χ0n) is 10.9. The number of carbonyl (C=O) groups excluding carboxylic acids is 1. The van der Waals surface area contributed by atoms with Crippen LogP contribution in [0.2, 0.25) is 0 Å². The summed E-state index contributed by atoms with van der Waals surface area (Å²) in [6.07, 6.45) is 1.23. The second kappa shape index (κ2) is 5.40. The largest absolute Gasteiger partial charge is 0.480 e. The van der Waals surface area contributed by atoms with Crippen molar-refractivity contribution in [2.45, 2.75) is 38.3 Å². The van der Waals surface area contributed by atoms with Crippen LogP contribution >= 0.6 is 0 Å². The van der Waals surface area contributed by atoms with Crippen molar-refractivity contribution in [2.24, 2.45) is 5.73 Å². The molecule has 5 heteroatoms. The number of aliphatic carboxylic acids is 1. The molecule has 0 spiro atoms. The van der Waals surface area contributed by atoms with Gasteiger partial charge in [0, 0.05) is 24.6 Å². The highest BCUT2D eigenvalue weighted by molar-refractivity contribution is 6.02. The van der Waals surface area contributed by atoms with Gasteiger partial charge in [0.1, 0.15) is 6.04 Å². The Bertz CT molecular complexity index is 501. The van der Waals surface area contributed by atoms with E-state index in [1.54, 1.807) is 6.07 Å². The van der Waals surface area contributed by atoms with Gasteiger partial charge in [-0.05, 0) is 18.1 Å². The van der Waals surface area contributed by atoms with Gasteiger partial charge in [-0.1, -0.05) is 25.1 Å². The first-order valence-electron chi connectivity index (χ1n) is 6.43. The van der Waals surface area contributed by atoms with Crippen LogP contribution in [0.1, 0.15) is 25.3 Å². The fourth-order valence-corrected chi connectivity index (χ4v) is 2.36. The third-order valence-electron chi connectivity index (χ3n) is 3.49. The number of anilines is 1. The zero-order chi connectivity index (χ0) is 14.0. The van der Waals surface area contributed by atoms with E-state index in [1.807, 2.05) is 25.1 Å². The number of rotatable bonds is 4. The quantitative estimate of drug-likeness (QED) is 0.852. The van der Waals surface area contributed by atoms with Crippen LogP contribution in [0.4, 0.5) is 5.69 Å². The smallest absolute Gasteiger partial charge is 0.327 e. The van der Waals surface area contributed by atoms with Gasteiger partial charge in [0.25, 0.3) is 0 Å². The highest BCUT2D eigenvalue weighted by atomic mass is 16.4. The second-order valence-corrected chi connectivity index (χ2v) is 4.82. The molecule has 1 heterocycles. The summed E-state index contributed by atoms with van der Waals surface area (Å²) in [5.41, 5.74) is 7.38. The third kappa shape index (κ3) is 2.61. The normalized spacial score (nSPS) is 19.1. The van der Waals surface area contributed by atoms with Crippen molar-refractivity contribution >= 4 is 17.6 Å². The molecule has 1 aliphatic rings. The van der Waals surface area contributed by atoms with E-state index in [-0.39, 0.29) is 18.4 Å². The minimum Gasteiger partial charge on any atom is -0.480 e. The molecular weight excluding hydrogens is 244 g/mol. The van der Waals surface area contributed by atoms with Gasteiger partial charge >= 0.3 is 5.97 Å². The standard InChI is InChI=1S/C14H18N2O3/c1-2-10(15)8-13(17)16-11-6-4-3-5-9(11)7-12(16)14(18)19/h3-6,10,12H,2,7-8,15H2,1H3,(H,18,19). The Hall–Kier alpha value is -1.88. The highest BCUT2D eigenvalue weighted by Crippen LogP contribution is 2.32. The Balaban J connectivity index is 2.29. The number of hydrogen-bond acceptors (Lipinski definition) is 3. The van der Waals surface area contributed by atoms with Gasteiger partial charge in [-0.25, -0.2) is 4.79 Å². The van der Waals surface area contributed by atoms with Gasteiger partial charge in [0.15, 0.2) is 0 Å². The predicted octanol–water partition coefficient (Wildman–Crippen LogP) is 1.16. The maximum Gasteiger partial charge on any atom is 0.327 e. The number of para-hydroxylation sites is 1. The number of carboxylic acid groups (broad SMARTS) is 1. The number of nitrogens with zero attached hydrogens (tertiary/aromatic N) is 1. The van der Waals surface area contributed by atoms with Crippen molar-refractivity contribution in [1.82, 2.24) is 0 Å². The minimum absolute atomic E-state index is 0.175. The number of carbonyl (C=O) groups is 2. The van der Waals surface area contributed by atoms with E-state index < -0.39 is 12.0 Å². The molecule has 1 amide bonds. The van der Waals surface area contributed by atoms with Crippen molar-refractivity contribution in [3.63, 3.8) is 0 Å². The van der Waals surface area contributed by atoms with Gasteiger partial charge in [-0.3, -0.25) is 9.69 Å². The summed E-state index contributed by atoms with van der Waals surface area (Å²) in [6.45, 7) is 1.91. The van der Waals surface area contributed by atoms with Crippen molar-refractivity contribution in [2.75, 3.05) is 4.90 Å². The van der Waals surface area contributed by atoms with Crippen molar-refractivity contribution < 1.29 is 14.7 Å². The summed E-state index contributed by atoms with van der Waals surface area (Å²) in [7, 11) is 0.